The maximum absolute atomic E-state index is 12.6. The number of nitrogens with zero attached hydrogens (tertiary/aromatic N) is 4. The first kappa shape index (κ1) is 26.2. The summed E-state index contributed by atoms with van der Waals surface area (Å²) in [6, 6.07) is 4.31. The number of guanidine groups is 1. The lowest BCUT2D eigenvalue weighted by Gasteiger charge is -2.25. The average Bonchev–Trinajstić information content (AvgIpc) is 3.11. The van der Waals surface area contributed by atoms with Crippen molar-refractivity contribution < 1.29 is 23.0 Å². The summed E-state index contributed by atoms with van der Waals surface area (Å²) >= 11 is 0. The summed E-state index contributed by atoms with van der Waals surface area (Å²) in [7, 11) is 0. The SMILES string of the molecule is CCNC(=NCC(O)COc1ccc(C(F)(F)F)cc1)NC1CCCn2nc(C)nc21.I. The number of aliphatic hydroxyl groups is 1. The van der Waals surface area contributed by atoms with Gasteiger partial charge in [0, 0.05) is 13.1 Å². The van der Waals surface area contributed by atoms with Crippen LogP contribution in [0.5, 0.6) is 5.75 Å². The predicted octanol–water partition coefficient (Wildman–Crippen LogP) is 3.05. The predicted molar refractivity (Wildman–Crippen MR) is 124 cm³/mol. The van der Waals surface area contributed by atoms with E-state index >= 15 is 0 Å². The quantitative estimate of drug-likeness (QED) is 0.270. The maximum atomic E-state index is 12.6. The number of benzene rings is 1. The van der Waals surface area contributed by atoms with Crippen LogP contribution in [0.2, 0.25) is 0 Å². The molecule has 2 heterocycles. The molecule has 8 nitrogen and oxygen atoms in total. The van der Waals surface area contributed by atoms with Crippen LogP contribution in [-0.4, -0.2) is 51.6 Å². The molecule has 32 heavy (non-hydrogen) atoms. The third-order valence-corrected chi connectivity index (χ3v) is 4.72. The minimum absolute atomic E-state index is 0. The van der Waals surface area contributed by atoms with Crippen molar-refractivity contribution in [1.82, 2.24) is 25.4 Å². The Morgan fingerprint density at radius 3 is 2.72 bits per heavy atom. The summed E-state index contributed by atoms with van der Waals surface area (Å²) in [5, 5.41) is 21.0. The van der Waals surface area contributed by atoms with Gasteiger partial charge in [0.2, 0.25) is 0 Å². The second-order valence-corrected chi connectivity index (χ2v) is 7.29. The zero-order valence-electron chi connectivity index (χ0n) is 17.9. The van der Waals surface area contributed by atoms with Crippen molar-refractivity contribution in [3.8, 4) is 5.75 Å². The van der Waals surface area contributed by atoms with Crippen molar-refractivity contribution in [2.45, 2.75) is 51.6 Å². The highest BCUT2D eigenvalue weighted by Gasteiger charge is 2.30. The number of hydrogen-bond donors (Lipinski definition) is 3. The molecule has 0 fully saturated rings. The van der Waals surface area contributed by atoms with Gasteiger partial charge in [-0.15, -0.1) is 24.0 Å². The smallest absolute Gasteiger partial charge is 0.416 e. The third-order valence-electron chi connectivity index (χ3n) is 4.72. The number of aryl methyl sites for hydroxylation is 2. The second kappa shape index (κ2) is 11.7. The minimum atomic E-state index is -4.40. The van der Waals surface area contributed by atoms with Gasteiger partial charge in [-0.3, -0.25) is 4.99 Å². The number of aliphatic imine (C=N–C) groups is 1. The van der Waals surface area contributed by atoms with Gasteiger partial charge in [-0.25, -0.2) is 9.67 Å². The van der Waals surface area contributed by atoms with Gasteiger partial charge < -0.3 is 20.5 Å². The van der Waals surface area contributed by atoms with E-state index in [4.69, 9.17) is 4.74 Å². The molecule has 0 saturated heterocycles. The number of rotatable bonds is 7. The second-order valence-electron chi connectivity index (χ2n) is 7.29. The van der Waals surface area contributed by atoms with Crippen molar-refractivity contribution in [3.05, 3.63) is 41.5 Å². The molecule has 178 valence electrons. The maximum Gasteiger partial charge on any atom is 0.416 e. The number of nitrogens with one attached hydrogen (secondary N) is 2. The molecule has 3 rings (SSSR count). The van der Waals surface area contributed by atoms with E-state index < -0.39 is 17.8 Å². The Kier molecular flexibility index (Phi) is 9.55. The molecule has 1 aliphatic heterocycles. The molecular formula is C20H28F3IN6O2. The molecule has 12 heteroatoms. The molecule has 0 amide bonds. The molecule has 0 spiro atoms. The summed E-state index contributed by atoms with van der Waals surface area (Å²) in [6.45, 7) is 5.24. The molecule has 1 aromatic heterocycles. The molecule has 1 aromatic carbocycles. The van der Waals surface area contributed by atoms with Crippen molar-refractivity contribution in [3.63, 3.8) is 0 Å². The Morgan fingerprint density at radius 1 is 1.34 bits per heavy atom. The standard InChI is InChI=1S/C20H27F3N6O2.HI/c1-3-24-19(27-17-5-4-10-29-18(17)26-13(2)28-29)25-11-15(30)12-31-16-8-6-14(7-9-16)20(21,22)23;/h6-9,15,17,30H,3-5,10-12H2,1-2H3,(H2,24,25,27);1H. The summed E-state index contributed by atoms with van der Waals surface area (Å²) in [4.78, 5) is 8.90. The van der Waals surface area contributed by atoms with Crippen molar-refractivity contribution in [1.29, 1.82) is 0 Å². The van der Waals surface area contributed by atoms with Crippen LogP contribution >= 0.6 is 24.0 Å². The van der Waals surface area contributed by atoms with E-state index in [-0.39, 0.29) is 48.9 Å². The first-order chi connectivity index (χ1) is 14.8. The zero-order valence-corrected chi connectivity index (χ0v) is 20.2. The fourth-order valence-electron chi connectivity index (χ4n) is 3.27. The van der Waals surface area contributed by atoms with Crippen LogP contribution in [0.1, 0.15) is 43.0 Å². The average molecular weight is 568 g/mol. The van der Waals surface area contributed by atoms with Crippen LogP contribution in [0.4, 0.5) is 13.2 Å². The van der Waals surface area contributed by atoms with Gasteiger partial charge in [-0.2, -0.15) is 18.3 Å². The van der Waals surface area contributed by atoms with E-state index in [0.29, 0.717) is 12.5 Å². The number of halogens is 4. The first-order valence-electron chi connectivity index (χ1n) is 10.2. The van der Waals surface area contributed by atoms with Gasteiger partial charge in [-0.1, -0.05) is 0 Å². The van der Waals surface area contributed by atoms with Gasteiger partial charge in [-0.05, 0) is 51.0 Å². The third kappa shape index (κ3) is 7.22. The number of aliphatic hydroxyl groups excluding tert-OH is 1. The van der Waals surface area contributed by atoms with Gasteiger partial charge in [0.05, 0.1) is 18.2 Å². The molecule has 0 saturated carbocycles. The van der Waals surface area contributed by atoms with E-state index in [0.717, 1.165) is 43.2 Å². The number of fused-ring (bicyclic) bond motifs is 1. The molecule has 0 bridgehead atoms. The fraction of sp³-hybridized carbons (Fsp3) is 0.550. The van der Waals surface area contributed by atoms with Crippen LogP contribution in [0, 0.1) is 6.92 Å². The number of alkyl halides is 3. The lowest BCUT2D eigenvalue weighted by atomic mass is 10.1. The summed E-state index contributed by atoms with van der Waals surface area (Å²) in [6.07, 6.45) is -3.46. The lowest BCUT2D eigenvalue weighted by Crippen LogP contribution is -2.42. The monoisotopic (exact) mass is 568 g/mol. The van der Waals surface area contributed by atoms with E-state index in [2.05, 4.69) is 25.7 Å². The normalized spacial score (nSPS) is 17.2. The van der Waals surface area contributed by atoms with Gasteiger partial charge in [0.25, 0.3) is 0 Å². The van der Waals surface area contributed by atoms with Crippen LogP contribution in [0.3, 0.4) is 0 Å². The number of hydrogen-bond acceptors (Lipinski definition) is 5. The van der Waals surface area contributed by atoms with Crippen molar-refractivity contribution >= 4 is 29.9 Å². The fourth-order valence-corrected chi connectivity index (χ4v) is 3.27. The van der Waals surface area contributed by atoms with E-state index in [1.807, 2.05) is 18.5 Å². The summed E-state index contributed by atoms with van der Waals surface area (Å²) < 4.78 is 45.1. The van der Waals surface area contributed by atoms with E-state index in [9.17, 15) is 18.3 Å². The Labute approximate surface area is 201 Å². The van der Waals surface area contributed by atoms with Crippen molar-refractivity contribution in [2.24, 2.45) is 4.99 Å². The molecular weight excluding hydrogens is 540 g/mol. The molecule has 0 aliphatic carbocycles. The highest BCUT2D eigenvalue weighted by molar-refractivity contribution is 14.0. The van der Waals surface area contributed by atoms with Gasteiger partial charge in [0.15, 0.2) is 5.96 Å². The molecule has 0 radical (unpaired) electrons. The lowest BCUT2D eigenvalue weighted by molar-refractivity contribution is -0.137. The van der Waals surface area contributed by atoms with Gasteiger partial charge in [0.1, 0.15) is 30.1 Å². The van der Waals surface area contributed by atoms with Crippen LogP contribution in [-0.2, 0) is 12.7 Å². The Morgan fingerprint density at radius 2 is 2.06 bits per heavy atom. The van der Waals surface area contributed by atoms with Crippen LogP contribution < -0.4 is 15.4 Å². The summed E-state index contributed by atoms with van der Waals surface area (Å²) in [5.74, 6) is 2.37. The van der Waals surface area contributed by atoms with Gasteiger partial charge >= 0.3 is 6.18 Å². The molecule has 1 aliphatic rings. The van der Waals surface area contributed by atoms with E-state index in [1.165, 1.54) is 12.1 Å². The molecule has 2 unspecified atom stereocenters. The minimum Gasteiger partial charge on any atom is -0.491 e. The highest BCUT2D eigenvalue weighted by atomic mass is 127. The molecule has 3 N–H and O–H groups in total. The van der Waals surface area contributed by atoms with Crippen molar-refractivity contribution in [2.75, 3.05) is 19.7 Å². The Hall–Kier alpha value is -2.09. The highest BCUT2D eigenvalue weighted by Crippen LogP contribution is 2.30. The number of aromatic nitrogens is 3. The van der Waals surface area contributed by atoms with Crippen LogP contribution in [0.15, 0.2) is 29.3 Å². The Bertz CT molecular complexity index is 888. The van der Waals surface area contributed by atoms with E-state index in [1.54, 1.807) is 0 Å². The molecule has 2 aromatic rings. The first-order valence-corrected chi connectivity index (χ1v) is 10.2. The summed E-state index contributed by atoms with van der Waals surface area (Å²) in [5.41, 5.74) is -0.750. The van der Waals surface area contributed by atoms with Crippen LogP contribution in [0.25, 0.3) is 0 Å². The largest absolute Gasteiger partial charge is 0.491 e. The Balaban J connectivity index is 0.00000363. The topological polar surface area (TPSA) is 96.6 Å². The molecule has 2 atom stereocenters. The zero-order chi connectivity index (χ0) is 22.4. The number of ether oxygens (including phenoxy) is 1.